The van der Waals surface area contributed by atoms with Crippen LogP contribution in [0.25, 0.3) is 21.3 Å². The Kier molecular flexibility index (Phi) is 19.0. The zero-order valence-electron chi connectivity index (χ0n) is 35.5. The fraction of sp³-hybridized carbons (Fsp3) is 0.476. The molecule has 1 saturated heterocycles. The molecule has 63 heavy (non-hydrogen) atoms. The lowest BCUT2D eigenvalue weighted by atomic mass is 10.0. The van der Waals surface area contributed by atoms with E-state index in [2.05, 4.69) is 41.6 Å². The van der Waals surface area contributed by atoms with Crippen LogP contribution in [-0.2, 0) is 51.2 Å². The van der Waals surface area contributed by atoms with Crippen molar-refractivity contribution in [3.63, 3.8) is 0 Å². The summed E-state index contributed by atoms with van der Waals surface area (Å²) in [6.45, 7) is 3.40. The number of rotatable bonds is 24. The van der Waals surface area contributed by atoms with E-state index in [-0.39, 0.29) is 57.4 Å². The van der Waals surface area contributed by atoms with Gasteiger partial charge in [0.1, 0.15) is 30.2 Å². The molecule has 10 N–H and O–H groups in total. The molecule has 21 heteroatoms. The highest BCUT2D eigenvalue weighted by Gasteiger charge is 2.41. The van der Waals surface area contributed by atoms with Gasteiger partial charge in [-0.25, -0.2) is 0 Å². The topological polar surface area (TPSA) is 317 Å². The van der Waals surface area contributed by atoms with E-state index in [0.29, 0.717) is 16.9 Å². The monoisotopic (exact) mass is 888 g/mol. The van der Waals surface area contributed by atoms with Crippen molar-refractivity contribution in [1.82, 2.24) is 36.5 Å². The summed E-state index contributed by atoms with van der Waals surface area (Å²) >= 11 is 1.44. The molecule has 1 aliphatic heterocycles. The lowest BCUT2D eigenvalue weighted by Crippen LogP contribution is -2.59. The molecule has 0 radical (unpaired) electrons. The van der Waals surface area contributed by atoms with Gasteiger partial charge < -0.3 is 47.9 Å². The van der Waals surface area contributed by atoms with E-state index in [0.717, 1.165) is 10.9 Å². The lowest BCUT2D eigenvalue weighted by molar-refractivity contribution is -0.141. The van der Waals surface area contributed by atoms with E-state index in [4.69, 9.17) is 17.0 Å². The third-order valence-electron chi connectivity index (χ3n) is 10.5. The highest BCUT2D eigenvalue weighted by Crippen LogP contribution is 2.22. The van der Waals surface area contributed by atoms with Crippen molar-refractivity contribution in [2.75, 3.05) is 25.1 Å². The number of fused-ring (bicyclic) bond motifs is 1. The maximum Gasteiger partial charge on any atom is 0.245 e. The molecule has 0 aliphatic carbocycles. The molecule has 8 amide bonds. The number of aromatic nitrogens is 1. The van der Waals surface area contributed by atoms with Gasteiger partial charge in [-0.2, -0.15) is 11.8 Å². The number of likely N-dealkylation sites (tertiary alicyclic amines) is 1. The number of para-hydroxylation sites is 1. The minimum atomic E-state index is -1.32. The molecule has 1 aromatic heterocycles. The number of thioether (sulfide) groups is 1. The van der Waals surface area contributed by atoms with Crippen molar-refractivity contribution in [3.8, 4) is 0 Å². The molecule has 338 valence electrons. The Balaban J connectivity index is 1.60. The van der Waals surface area contributed by atoms with Crippen LogP contribution in [0.5, 0.6) is 0 Å². The number of nitrogens with one attached hydrogen (secondary N) is 6. The SMILES string of the molecule is CSCC[C@H](NC(=O)[C@H](CC(C)C)N1CC[C@@H](NC(=O)[C@H](Cc2ccccc2)NC(=O)[C@@H](Cc2c[nH]c3ccccc23)NC(=O)[C@H](CCC(N)=O)NC(=O)CN)C1=O)C(=O)N=[N+]=[N-]. The first-order valence-electron chi connectivity index (χ1n) is 20.6. The Morgan fingerprint density at radius 2 is 1.52 bits per heavy atom. The van der Waals surface area contributed by atoms with Gasteiger partial charge in [0.25, 0.3) is 0 Å². The number of carbonyl (C=O) groups is 8. The number of carbonyl (C=O) groups excluding carboxylic acids is 8. The third kappa shape index (κ3) is 14.6. The molecular formula is C42H56N12O8S. The van der Waals surface area contributed by atoms with Crippen molar-refractivity contribution >= 4 is 69.9 Å². The van der Waals surface area contributed by atoms with Crippen LogP contribution < -0.4 is 38.1 Å². The van der Waals surface area contributed by atoms with Crippen molar-refractivity contribution in [2.45, 2.75) is 95.0 Å². The number of nitrogens with two attached hydrogens (primary N) is 2. The summed E-state index contributed by atoms with van der Waals surface area (Å²) in [6.07, 6.45) is 3.59. The van der Waals surface area contributed by atoms with Gasteiger partial charge in [0.15, 0.2) is 0 Å². The number of amides is 8. The van der Waals surface area contributed by atoms with E-state index < -0.39 is 90.1 Å². The summed E-state index contributed by atoms with van der Waals surface area (Å²) in [5.74, 6) is -5.21. The van der Waals surface area contributed by atoms with E-state index in [1.807, 2.05) is 44.4 Å². The van der Waals surface area contributed by atoms with Crippen LogP contribution in [0.3, 0.4) is 0 Å². The first kappa shape index (κ1) is 49.2. The van der Waals surface area contributed by atoms with E-state index in [9.17, 15) is 38.4 Å². The number of nitrogens with zero attached hydrogens (tertiary/aromatic N) is 4. The number of aromatic amines is 1. The van der Waals surface area contributed by atoms with Gasteiger partial charge in [-0.05, 0) is 71.4 Å². The van der Waals surface area contributed by atoms with Gasteiger partial charge in [0, 0.05) is 47.8 Å². The highest BCUT2D eigenvalue weighted by molar-refractivity contribution is 7.98. The predicted molar refractivity (Wildman–Crippen MR) is 236 cm³/mol. The molecule has 20 nitrogen and oxygen atoms in total. The molecule has 4 rings (SSSR count). The highest BCUT2D eigenvalue weighted by atomic mass is 32.2. The largest absolute Gasteiger partial charge is 0.370 e. The maximum absolute atomic E-state index is 14.4. The Hall–Kier alpha value is -6.44. The summed E-state index contributed by atoms with van der Waals surface area (Å²) < 4.78 is 0. The van der Waals surface area contributed by atoms with Crippen molar-refractivity contribution < 1.29 is 38.4 Å². The normalized spacial score (nSPS) is 15.9. The van der Waals surface area contributed by atoms with Crippen LogP contribution in [0.2, 0.25) is 0 Å². The molecule has 0 bridgehead atoms. The van der Waals surface area contributed by atoms with Gasteiger partial charge in [-0.15, -0.1) is 0 Å². The quantitative estimate of drug-likeness (QED) is 0.0356. The predicted octanol–water partition coefficient (Wildman–Crippen LogP) is 0.838. The Morgan fingerprint density at radius 1 is 0.873 bits per heavy atom. The van der Waals surface area contributed by atoms with Gasteiger partial charge in [-0.3, -0.25) is 38.4 Å². The van der Waals surface area contributed by atoms with Crippen molar-refractivity contribution in [2.24, 2.45) is 22.5 Å². The molecule has 1 aliphatic rings. The maximum atomic E-state index is 14.4. The molecule has 1 fully saturated rings. The van der Waals surface area contributed by atoms with Crippen LogP contribution in [0.4, 0.5) is 0 Å². The molecule has 3 aromatic rings. The average molecular weight is 889 g/mol. The van der Waals surface area contributed by atoms with Crippen LogP contribution in [-0.4, -0.2) is 118 Å². The number of azide groups is 1. The summed E-state index contributed by atoms with van der Waals surface area (Å²) in [4.78, 5) is 114. The summed E-state index contributed by atoms with van der Waals surface area (Å²) in [7, 11) is 0. The Morgan fingerprint density at radius 3 is 2.17 bits per heavy atom. The fourth-order valence-electron chi connectivity index (χ4n) is 7.26. The van der Waals surface area contributed by atoms with Crippen molar-refractivity contribution in [1.29, 1.82) is 0 Å². The van der Waals surface area contributed by atoms with Gasteiger partial charge >= 0.3 is 0 Å². The second-order valence-corrected chi connectivity index (χ2v) is 16.6. The molecule has 6 atom stereocenters. The molecule has 0 spiro atoms. The second-order valence-electron chi connectivity index (χ2n) is 15.6. The minimum Gasteiger partial charge on any atom is -0.370 e. The summed E-state index contributed by atoms with van der Waals surface area (Å²) in [6, 6.07) is 9.11. The number of hydrogen-bond acceptors (Lipinski definition) is 10. The molecule has 0 unspecified atom stereocenters. The Labute approximate surface area is 368 Å². The number of primary amides is 1. The Bertz CT molecular complexity index is 2160. The molecule has 2 heterocycles. The van der Waals surface area contributed by atoms with E-state index >= 15 is 0 Å². The van der Waals surface area contributed by atoms with Crippen LogP contribution in [0.1, 0.15) is 57.1 Å². The van der Waals surface area contributed by atoms with E-state index in [1.165, 1.54) is 16.7 Å². The standard InChI is InChI=1S/C42H56N12O8S/c1-24(2)19-34(41(61)48-30(16-18-63-3)40(60)52-53-45)54-17-15-31(42(54)62)49-38(58)32(20-25-9-5-4-6-10-25)50-39(59)33(21-26-23-46-28-12-8-7-11-27(26)28)51-37(57)29(13-14-35(44)55)47-36(56)22-43/h4-12,23-24,29-34,46H,13-22,43H2,1-3H3,(H2,44,55)(H,47,56)(H,48,61)(H,49,58)(H,50,59)(H,51,57)/t29-,30-,31+,32-,33+,34-/m0/s1. The van der Waals surface area contributed by atoms with Crippen LogP contribution in [0.15, 0.2) is 65.9 Å². The summed E-state index contributed by atoms with van der Waals surface area (Å²) in [5.41, 5.74) is 21.8. The molecular weight excluding hydrogens is 833 g/mol. The molecule has 2 aromatic carbocycles. The van der Waals surface area contributed by atoms with Crippen LogP contribution >= 0.6 is 11.8 Å². The van der Waals surface area contributed by atoms with Crippen LogP contribution in [0, 0.1) is 5.92 Å². The van der Waals surface area contributed by atoms with Gasteiger partial charge in [0.2, 0.25) is 47.3 Å². The zero-order chi connectivity index (χ0) is 46.1. The number of benzene rings is 2. The zero-order valence-corrected chi connectivity index (χ0v) is 36.3. The fourth-order valence-corrected chi connectivity index (χ4v) is 7.73. The van der Waals surface area contributed by atoms with Gasteiger partial charge in [0.05, 0.1) is 12.6 Å². The molecule has 0 saturated carbocycles. The number of H-pyrrole nitrogens is 1. The average Bonchev–Trinajstić information content (AvgIpc) is 3.84. The van der Waals surface area contributed by atoms with Gasteiger partial charge in [-0.1, -0.05) is 62.4 Å². The minimum absolute atomic E-state index is 0.0143. The summed E-state index contributed by atoms with van der Waals surface area (Å²) in [5, 5.41) is 17.3. The third-order valence-corrected chi connectivity index (χ3v) is 11.1. The smallest absolute Gasteiger partial charge is 0.245 e. The lowest BCUT2D eigenvalue weighted by Gasteiger charge is -2.30. The number of hydrogen-bond donors (Lipinski definition) is 8. The second kappa shape index (κ2) is 24.3. The first-order valence-corrected chi connectivity index (χ1v) is 22.0. The van der Waals surface area contributed by atoms with Crippen molar-refractivity contribution in [3.05, 3.63) is 82.4 Å². The van der Waals surface area contributed by atoms with E-state index in [1.54, 1.807) is 36.5 Å². The first-order chi connectivity index (χ1) is 30.1.